The van der Waals surface area contributed by atoms with Gasteiger partial charge in [-0.3, -0.25) is 4.79 Å². The van der Waals surface area contributed by atoms with Crippen molar-refractivity contribution in [3.8, 4) is 0 Å². The molecule has 2 N–H and O–H groups in total. The maximum Gasteiger partial charge on any atom is 0.225 e. The minimum Gasteiger partial charge on any atom is -0.354 e. The third-order valence-corrected chi connectivity index (χ3v) is 4.18. The highest BCUT2D eigenvalue weighted by Gasteiger charge is 2.36. The van der Waals surface area contributed by atoms with Crippen LogP contribution in [0.4, 0.5) is 0 Å². The molecule has 0 aromatic rings. The Labute approximate surface area is 98.4 Å². The van der Waals surface area contributed by atoms with Crippen molar-refractivity contribution in [3.05, 3.63) is 0 Å². The van der Waals surface area contributed by atoms with Gasteiger partial charge in [0.2, 0.25) is 5.91 Å². The van der Waals surface area contributed by atoms with Gasteiger partial charge in [-0.05, 0) is 32.2 Å². The average molecular weight is 224 g/mol. The van der Waals surface area contributed by atoms with Crippen molar-refractivity contribution >= 4 is 5.91 Å². The van der Waals surface area contributed by atoms with Gasteiger partial charge in [0.25, 0.3) is 0 Å². The first kappa shape index (κ1) is 11.9. The lowest BCUT2D eigenvalue weighted by molar-refractivity contribution is -0.130. The van der Waals surface area contributed by atoms with Crippen LogP contribution in [-0.2, 0) is 4.79 Å². The summed E-state index contributed by atoms with van der Waals surface area (Å²) in [5.74, 6) is 0.275. The Kier molecular flexibility index (Phi) is 3.85. The fourth-order valence-electron chi connectivity index (χ4n) is 2.91. The van der Waals surface area contributed by atoms with Crippen LogP contribution >= 0.6 is 0 Å². The molecule has 1 amide bonds. The van der Waals surface area contributed by atoms with E-state index in [-0.39, 0.29) is 11.3 Å². The molecule has 2 rings (SSSR count). The molecule has 0 spiro atoms. The van der Waals surface area contributed by atoms with Crippen molar-refractivity contribution in [3.63, 3.8) is 0 Å². The van der Waals surface area contributed by atoms with E-state index in [1.54, 1.807) is 0 Å². The normalized spacial score (nSPS) is 28.9. The van der Waals surface area contributed by atoms with Crippen LogP contribution in [0.3, 0.4) is 0 Å². The van der Waals surface area contributed by atoms with Crippen molar-refractivity contribution in [1.82, 2.24) is 10.6 Å². The van der Waals surface area contributed by atoms with E-state index < -0.39 is 0 Å². The monoisotopic (exact) mass is 224 g/mol. The standard InChI is InChI=1S/C13H24N2O/c1-13(7-3-4-8-13)12(16)15-10-11-6-2-5-9-14-11/h11,14H,2-10H2,1H3,(H,15,16). The zero-order valence-corrected chi connectivity index (χ0v) is 10.3. The number of carbonyl (C=O) groups is 1. The summed E-state index contributed by atoms with van der Waals surface area (Å²) in [6, 6.07) is 0.503. The second-order valence-electron chi connectivity index (χ2n) is 5.62. The Morgan fingerprint density at radius 1 is 1.31 bits per heavy atom. The van der Waals surface area contributed by atoms with E-state index in [2.05, 4.69) is 17.6 Å². The molecular weight excluding hydrogens is 200 g/mol. The maximum atomic E-state index is 12.1. The summed E-state index contributed by atoms with van der Waals surface area (Å²) in [4.78, 5) is 12.1. The van der Waals surface area contributed by atoms with Crippen LogP contribution in [0.15, 0.2) is 0 Å². The first-order valence-corrected chi connectivity index (χ1v) is 6.72. The molecule has 1 saturated heterocycles. The SMILES string of the molecule is CC1(C(=O)NCC2CCCCN2)CCCC1. The zero-order valence-electron chi connectivity index (χ0n) is 10.3. The van der Waals surface area contributed by atoms with Gasteiger partial charge in [-0.1, -0.05) is 26.2 Å². The summed E-state index contributed by atoms with van der Waals surface area (Å²) in [7, 11) is 0. The fraction of sp³-hybridized carbons (Fsp3) is 0.923. The topological polar surface area (TPSA) is 41.1 Å². The van der Waals surface area contributed by atoms with Gasteiger partial charge in [0.05, 0.1) is 0 Å². The summed E-state index contributed by atoms with van der Waals surface area (Å²) < 4.78 is 0. The number of nitrogens with one attached hydrogen (secondary N) is 2. The molecule has 1 saturated carbocycles. The van der Waals surface area contributed by atoms with E-state index in [0.29, 0.717) is 6.04 Å². The van der Waals surface area contributed by atoms with Gasteiger partial charge in [0, 0.05) is 18.0 Å². The molecule has 2 fully saturated rings. The third kappa shape index (κ3) is 2.76. The van der Waals surface area contributed by atoms with E-state index in [1.165, 1.54) is 32.1 Å². The van der Waals surface area contributed by atoms with Crippen LogP contribution in [0.25, 0.3) is 0 Å². The molecule has 0 aromatic carbocycles. The largest absolute Gasteiger partial charge is 0.354 e. The number of carbonyl (C=O) groups excluding carboxylic acids is 1. The van der Waals surface area contributed by atoms with Crippen LogP contribution < -0.4 is 10.6 Å². The van der Waals surface area contributed by atoms with Crippen LogP contribution in [-0.4, -0.2) is 25.0 Å². The van der Waals surface area contributed by atoms with E-state index in [4.69, 9.17) is 0 Å². The van der Waals surface area contributed by atoms with Gasteiger partial charge in [0.15, 0.2) is 0 Å². The van der Waals surface area contributed by atoms with Gasteiger partial charge in [-0.15, -0.1) is 0 Å². The molecule has 1 aliphatic carbocycles. The summed E-state index contributed by atoms with van der Waals surface area (Å²) in [6.45, 7) is 4.04. The third-order valence-electron chi connectivity index (χ3n) is 4.18. The fourth-order valence-corrected chi connectivity index (χ4v) is 2.91. The van der Waals surface area contributed by atoms with Crippen molar-refractivity contribution < 1.29 is 4.79 Å². The van der Waals surface area contributed by atoms with Gasteiger partial charge in [-0.25, -0.2) is 0 Å². The molecule has 92 valence electrons. The summed E-state index contributed by atoms with van der Waals surface area (Å²) in [6.07, 6.45) is 8.34. The Hall–Kier alpha value is -0.570. The van der Waals surface area contributed by atoms with Crippen molar-refractivity contribution in [2.24, 2.45) is 5.41 Å². The predicted octanol–water partition coefficient (Wildman–Crippen LogP) is 1.82. The van der Waals surface area contributed by atoms with E-state index >= 15 is 0 Å². The quantitative estimate of drug-likeness (QED) is 0.768. The Bertz CT molecular complexity index is 240. The summed E-state index contributed by atoms with van der Waals surface area (Å²) in [5, 5.41) is 6.60. The predicted molar refractivity (Wildman–Crippen MR) is 65.2 cm³/mol. The highest BCUT2D eigenvalue weighted by atomic mass is 16.2. The van der Waals surface area contributed by atoms with Gasteiger partial charge >= 0.3 is 0 Å². The summed E-state index contributed by atoms with van der Waals surface area (Å²) in [5.41, 5.74) is -0.0747. The van der Waals surface area contributed by atoms with Gasteiger partial charge in [0.1, 0.15) is 0 Å². The number of hydrogen-bond donors (Lipinski definition) is 2. The smallest absolute Gasteiger partial charge is 0.225 e. The minimum atomic E-state index is -0.0747. The second kappa shape index (κ2) is 5.17. The van der Waals surface area contributed by atoms with Crippen molar-refractivity contribution in [2.75, 3.05) is 13.1 Å². The molecule has 0 radical (unpaired) electrons. The first-order valence-electron chi connectivity index (χ1n) is 6.72. The van der Waals surface area contributed by atoms with Crippen molar-refractivity contribution in [2.45, 2.75) is 57.9 Å². The van der Waals surface area contributed by atoms with E-state index in [0.717, 1.165) is 25.9 Å². The molecule has 1 aliphatic heterocycles. The molecule has 1 heterocycles. The number of piperidine rings is 1. The molecule has 3 heteroatoms. The van der Waals surface area contributed by atoms with E-state index in [9.17, 15) is 4.79 Å². The van der Waals surface area contributed by atoms with Gasteiger partial charge in [-0.2, -0.15) is 0 Å². The van der Waals surface area contributed by atoms with Crippen LogP contribution in [0.5, 0.6) is 0 Å². The van der Waals surface area contributed by atoms with Crippen LogP contribution in [0.2, 0.25) is 0 Å². The lowest BCUT2D eigenvalue weighted by Crippen LogP contribution is -2.46. The van der Waals surface area contributed by atoms with Crippen LogP contribution in [0, 0.1) is 5.41 Å². The van der Waals surface area contributed by atoms with E-state index in [1.807, 2.05) is 0 Å². The molecule has 16 heavy (non-hydrogen) atoms. The maximum absolute atomic E-state index is 12.1. The highest BCUT2D eigenvalue weighted by Crippen LogP contribution is 2.37. The number of amides is 1. The second-order valence-corrected chi connectivity index (χ2v) is 5.62. The highest BCUT2D eigenvalue weighted by molar-refractivity contribution is 5.82. The molecular formula is C13H24N2O. The number of hydrogen-bond acceptors (Lipinski definition) is 2. The molecule has 1 atom stereocenters. The van der Waals surface area contributed by atoms with Crippen LogP contribution in [0.1, 0.15) is 51.9 Å². The molecule has 0 bridgehead atoms. The lowest BCUT2D eigenvalue weighted by atomic mass is 9.87. The zero-order chi connectivity index (χ0) is 11.4. The van der Waals surface area contributed by atoms with Crippen molar-refractivity contribution in [1.29, 1.82) is 0 Å². The Morgan fingerprint density at radius 3 is 2.69 bits per heavy atom. The lowest BCUT2D eigenvalue weighted by Gasteiger charge is -2.27. The summed E-state index contributed by atoms with van der Waals surface area (Å²) >= 11 is 0. The first-order chi connectivity index (χ1) is 7.71. The minimum absolute atomic E-state index is 0.0747. The molecule has 1 unspecified atom stereocenters. The Morgan fingerprint density at radius 2 is 2.06 bits per heavy atom. The van der Waals surface area contributed by atoms with Gasteiger partial charge < -0.3 is 10.6 Å². The molecule has 3 nitrogen and oxygen atoms in total. The molecule has 0 aromatic heterocycles. The molecule has 2 aliphatic rings. The average Bonchev–Trinajstić information content (AvgIpc) is 2.76. The Balaban J connectivity index is 1.74. The number of rotatable bonds is 3.